The first-order valence-corrected chi connectivity index (χ1v) is 11.9. The maximum absolute atomic E-state index is 6.59. The van der Waals surface area contributed by atoms with Crippen LogP contribution < -0.4 is 0 Å². The Kier molecular flexibility index (Phi) is 9.80. The van der Waals surface area contributed by atoms with Crippen molar-refractivity contribution in [2.75, 3.05) is 19.6 Å². The second-order valence-electron chi connectivity index (χ2n) is 8.97. The molecule has 1 heterocycles. The van der Waals surface area contributed by atoms with E-state index in [1.54, 1.807) is 0 Å². The van der Waals surface area contributed by atoms with E-state index in [0.29, 0.717) is 12.2 Å². The van der Waals surface area contributed by atoms with Gasteiger partial charge in [-0.2, -0.15) is 0 Å². The predicted molar refractivity (Wildman–Crippen MR) is 108 cm³/mol. The normalized spacial score (nSPS) is 24.8. The molecule has 0 spiro atoms. The van der Waals surface area contributed by atoms with Crippen LogP contribution in [-0.4, -0.2) is 43.0 Å². The summed E-state index contributed by atoms with van der Waals surface area (Å²) in [6.07, 6.45) is 23.4. The van der Waals surface area contributed by atoms with Crippen LogP contribution in [-0.2, 0) is 9.47 Å². The zero-order chi connectivity index (χ0) is 17.9. The van der Waals surface area contributed by atoms with Crippen LogP contribution in [0.2, 0.25) is 0 Å². The van der Waals surface area contributed by atoms with Gasteiger partial charge >= 0.3 is 0 Å². The molecular weight excluding hydrogens is 322 g/mol. The fourth-order valence-electron chi connectivity index (χ4n) is 4.65. The Morgan fingerprint density at radius 1 is 0.615 bits per heavy atom. The third-order valence-electron chi connectivity index (χ3n) is 6.50. The van der Waals surface area contributed by atoms with Crippen molar-refractivity contribution in [2.45, 2.75) is 128 Å². The Hall–Kier alpha value is -0.120. The highest BCUT2D eigenvalue weighted by molar-refractivity contribution is 4.72. The standard InChI is InChI=1S/C23H43NO2/c1-3-7-13-21(14-8-4-1)25-23(17-11-12-18-24-19-20-24)26-22-15-9-5-2-6-10-16-22/h21-23H,1-20H2. The summed E-state index contributed by atoms with van der Waals surface area (Å²) in [5.74, 6) is 0. The van der Waals surface area contributed by atoms with Crippen molar-refractivity contribution in [2.24, 2.45) is 0 Å². The van der Waals surface area contributed by atoms with Gasteiger partial charge in [-0.3, -0.25) is 0 Å². The van der Waals surface area contributed by atoms with Crippen LogP contribution in [0.15, 0.2) is 0 Å². The van der Waals surface area contributed by atoms with Gasteiger partial charge in [0.1, 0.15) is 0 Å². The highest BCUT2D eigenvalue weighted by atomic mass is 16.7. The molecule has 0 amide bonds. The molecule has 0 bridgehead atoms. The average Bonchev–Trinajstić information content (AvgIpc) is 3.40. The molecule has 2 aliphatic carbocycles. The fraction of sp³-hybridized carbons (Fsp3) is 1.00. The van der Waals surface area contributed by atoms with Crippen LogP contribution in [0.3, 0.4) is 0 Å². The quantitative estimate of drug-likeness (QED) is 0.282. The lowest BCUT2D eigenvalue weighted by atomic mass is 9.98. The molecule has 1 saturated heterocycles. The van der Waals surface area contributed by atoms with Crippen molar-refractivity contribution in [3.63, 3.8) is 0 Å². The summed E-state index contributed by atoms with van der Waals surface area (Å²) < 4.78 is 13.2. The Labute approximate surface area is 162 Å². The highest BCUT2D eigenvalue weighted by Gasteiger charge is 2.23. The first-order valence-electron chi connectivity index (χ1n) is 11.9. The van der Waals surface area contributed by atoms with E-state index in [1.165, 1.54) is 122 Å². The molecule has 2 saturated carbocycles. The van der Waals surface area contributed by atoms with Gasteiger partial charge in [0.15, 0.2) is 6.29 Å². The van der Waals surface area contributed by atoms with E-state index in [0.717, 1.165) is 6.42 Å². The van der Waals surface area contributed by atoms with E-state index < -0.39 is 0 Å². The first-order chi connectivity index (χ1) is 12.9. The molecule has 0 atom stereocenters. The van der Waals surface area contributed by atoms with E-state index in [9.17, 15) is 0 Å². The van der Waals surface area contributed by atoms with Crippen molar-refractivity contribution in [3.8, 4) is 0 Å². The molecule has 3 fully saturated rings. The largest absolute Gasteiger partial charge is 0.349 e. The highest BCUT2D eigenvalue weighted by Crippen LogP contribution is 2.26. The zero-order valence-electron chi connectivity index (χ0n) is 17.1. The van der Waals surface area contributed by atoms with Crippen molar-refractivity contribution in [1.29, 1.82) is 0 Å². The third kappa shape index (κ3) is 8.71. The predicted octanol–water partition coefficient (Wildman–Crippen LogP) is 6.06. The van der Waals surface area contributed by atoms with Crippen LogP contribution >= 0.6 is 0 Å². The SMILES string of the molecule is C1CCCC(OC(CCCCN2CC2)OC2CCCCCCC2)CCC1. The number of rotatable bonds is 9. The molecule has 0 radical (unpaired) electrons. The van der Waals surface area contributed by atoms with Crippen LogP contribution in [0.25, 0.3) is 0 Å². The second kappa shape index (κ2) is 12.4. The van der Waals surface area contributed by atoms with E-state index in [-0.39, 0.29) is 6.29 Å². The lowest BCUT2D eigenvalue weighted by Gasteiger charge is -2.30. The summed E-state index contributed by atoms with van der Waals surface area (Å²) >= 11 is 0. The maximum atomic E-state index is 6.59. The summed E-state index contributed by atoms with van der Waals surface area (Å²) in [5, 5.41) is 0. The van der Waals surface area contributed by atoms with E-state index in [2.05, 4.69) is 4.90 Å². The van der Waals surface area contributed by atoms with Crippen LogP contribution in [0.1, 0.15) is 109 Å². The molecule has 0 N–H and O–H groups in total. The average molecular weight is 366 g/mol. The van der Waals surface area contributed by atoms with Gasteiger partial charge < -0.3 is 14.4 Å². The van der Waals surface area contributed by atoms with Crippen molar-refractivity contribution in [1.82, 2.24) is 4.90 Å². The number of hydrogen-bond acceptors (Lipinski definition) is 3. The third-order valence-corrected chi connectivity index (χ3v) is 6.50. The summed E-state index contributed by atoms with van der Waals surface area (Å²) in [7, 11) is 0. The molecule has 0 aromatic rings. The van der Waals surface area contributed by atoms with Gasteiger partial charge in [-0.15, -0.1) is 0 Å². The summed E-state index contributed by atoms with van der Waals surface area (Å²) in [4.78, 5) is 2.53. The van der Waals surface area contributed by atoms with Gasteiger partial charge in [-0.05, 0) is 51.5 Å². The lowest BCUT2D eigenvalue weighted by Crippen LogP contribution is -2.30. The van der Waals surface area contributed by atoms with Crippen molar-refractivity contribution in [3.05, 3.63) is 0 Å². The van der Waals surface area contributed by atoms with Crippen molar-refractivity contribution < 1.29 is 9.47 Å². The molecule has 3 rings (SSSR count). The maximum Gasteiger partial charge on any atom is 0.158 e. The smallest absolute Gasteiger partial charge is 0.158 e. The molecule has 3 aliphatic rings. The minimum Gasteiger partial charge on any atom is -0.349 e. The Bertz CT molecular complexity index is 318. The van der Waals surface area contributed by atoms with Gasteiger partial charge in [-0.25, -0.2) is 0 Å². The molecule has 0 aromatic carbocycles. The van der Waals surface area contributed by atoms with Gasteiger partial charge in [-0.1, -0.05) is 64.2 Å². The molecule has 0 aromatic heterocycles. The van der Waals surface area contributed by atoms with Gasteiger partial charge in [0, 0.05) is 13.1 Å². The molecular formula is C23H43NO2. The Morgan fingerprint density at radius 3 is 1.54 bits per heavy atom. The van der Waals surface area contributed by atoms with Gasteiger partial charge in [0.05, 0.1) is 12.2 Å². The van der Waals surface area contributed by atoms with Gasteiger partial charge in [0.2, 0.25) is 0 Å². The molecule has 152 valence electrons. The number of nitrogens with zero attached hydrogens (tertiary/aromatic N) is 1. The van der Waals surface area contributed by atoms with Crippen LogP contribution in [0.5, 0.6) is 0 Å². The molecule has 0 unspecified atom stereocenters. The Balaban J connectivity index is 1.45. The monoisotopic (exact) mass is 365 g/mol. The molecule has 3 nitrogen and oxygen atoms in total. The molecule has 26 heavy (non-hydrogen) atoms. The summed E-state index contributed by atoms with van der Waals surface area (Å²) in [6.45, 7) is 3.92. The number of hydrogen-bond donors (Lipinski definition) is 0. The minimum absolute atomic E-state index is 0.0538. The van der Waals surface area contributed by atoms with Gasteiger partial charge in [0.25, 0.3) is 0 Å². The first kappa shape index (κ1) is 20.6. The molecule has 3 heteroatoms. The summed E-state index contributed by atoms with van der Waals surface area (Å²) in [5.41, 5.74) is 0. The van der Waals surface area contributed by atoms with E-state index >= 15 is 0 Å². The number of unbranched alkanes of at least 4 members (excludes halogenated alkanes) is 1. The van der Waals surface area contributed by atoms with Crippen LogP contribution in [0, 0.1) is 0 Å². The minimum atomic E-state index is 0.0538. The van der Waals surface area contributed by atoms with E-state index in [4.69, 9.17) is 9.47 Å². The summed E-state index contributed by atoms with van der Waals surface area (Å²) in [6, 6.07) is 0. The molecule has 1 aliphatic heterocycles. The zero-order valence-corrected chi connectivity index (χ0v) is 17.1. The Morgan fingerprint density at radius 2 is 1.08 bits per heavy atom. The van der Waals surface area contributed by atoms with Crippen molar-refractivity contribution >= 4 is 0 Å². The van der Waals surface area contributed by atoms with E-state index in [1.807, 2.05) is 0 Å². The lowest BCUT2D eigenvalue weighted by molar-refractivity contribution is -0.204. The second-order valence-corrected chi connectivity index (χ2v) is 8.97. The fourth-order valence-corrected chi connectivity index (χ4v) is 4.65. The topological polar surface area (TPSA) is 21.5 Å². The number of ether oxygens (including phenoxy) is 2. The van der Waals surface area contributed by atoms with Crippen LogP contribution in [0.4, 0.5) is 0 Å².